The Hall–Kier alpha value is -2.09. The van der Waals surface area contributed by atoms with Crippen LogP contribution in [0.15, 0.2) is 77.8 Å². The number of nitrogens with one attached hydrogen (secondary N) is 1. The molecule has 1 N–H and O–H groups in total. The summed E-state index contributed by atoms with van der Waals surface area (Å²) in [6.45, 7) is 15.3. The summed E-state index contributed by atoms with van der Waals surface area (Å²) in [7, 11) is 0. The van der Waals surface area contributed by atoms with E-state index in [1.165, 1.54) is 0 Å². The van der Waals surface area contributed by atoms with Crippen molar-refractivity contribution in [1.29, 1.82) is 0 Å². The highest BCUT2D eigenvalue weighted by molar-refractivity contribution is 6.02. The average molecular weight is 226 g/mol. The fourth-order valence-electron chi connectivity index (χ4n) is 1.62. The quantitative estimate of drug-likeness (QED) is 0.777. The van der Waals surface area contributed by atoms with Crippen molar-refractivity contribution in [3.63, 3.8) is 0 Å². The molecule has 0 aromatic carbocycles. The molecule has 0 amide bonds. The van der Waals surface area contributed by atoms with Crippen LogP contribution in [0.5, 0.6) is 0 Å². The van der Waals surface area contributed by atoms with Crippen LogP contribution in [0.2, 0.25) is 0 Å². The van der Waals surface area contributed by atoms with Gasteiger partial charge in [-0.1, -0.05) is 31.9 Å². The van der Waals surface area contributed by atoms with E-state index in [1.807, 2.05) is 26.0 Å². The van der Waals surface area contributed by atoms with Crippen LogP contribution in [-0.4, -0.2) is 5.71 Å². The van der Waals surface area contributed by atoms with Gasteiger partial charge in [0.15, 0.2) is 0 Å². The zero-order valence-corrected chi connectivity index (χ0v) is 10.5. The fourth-order valence-corrected chi connectivity index (χ4v) is 1.62. The third kappa shape index (κ3) is 2.72. The summed E-state index contributed by atoms with van der Waals surface area (Å²) in [6, 6.07) is 0. The van der Waals surface area contributed by atoms with Gasteiger partial charge in [-0.3, -0.25) is 4.99 Å². The molecule has 1 aliphatic heterocycles. The first-order valence-electron chi connectivity index (χ1n) is 5.49. The molecule has 0 aromatic heterocycles. The van der Waals surface area contributed by atoms with Crippen LogP contribution in [0.1, 0.15) is 13.8 Å². The normalized spacial score (nSPS) is 16.5. The third-order valence-electron chi connectivity index (χ3n) is 2.45. The van der Waals surface area contributed by atoms with Gasteiger partial charge in [0.2, 0.25) is 0 Å². The first-order valence-corrected chi connectivity index (χ1v) is 5.49. The van der Waals surface area contributed by atoms with Gasteiger partial charge in [0, 0.05) is 17.0 Å². The van der Waals surface area contributed by atoms with Crippen molar-refractivity contribution in [3.05, 3.63) is 72.8 Å². The summed E-state index contributed by atoms with van der Waals surface area (Å²) in [5, 5.41) is 3.27. The van der Waals surface area contributed by atoms with Crippen molar-refractivity contribution in [2.24, 2.45) is 4.99 Å². The molecule has 0 saturated heterocycles. The highest BCUT2D eigenvalue weighted by atomic mass is 14.9. The Kier molecular flexibility index (Phi) is 4.46. The second-order valence-electron chi connectivity index (χ2n) is 3.56. The molecule has 0 radical (unpaired) electrons. The van der Waals surface area contributed by atoms with E-state index in [-0.39, 0.29) is 0 Å². The van der Waals surface area contributed by atoms with E-state index in [4.69, 9.17) is 0 Å². The van der Waals surface area contributed by atoms with Gasteiger partial charge in [-0.2, -0.15) is 0 Å². The molecule has 0 atom stereocenters. The zero-order chi connectivity index (χ0) is 12.8. The smallest absolute Gasteiger partial charge is 0.0861 e. The molecule has 0 aromatic rings. The van der Waals surface area contributed by atoms with Crippen molar-refractivity contribution < 1.29 is 0 Å². The van der Waals surface area contributed by atoms with Crippen molar-refractivity contribution in [2.75, 3.05) is 0 Å². The number of nitrogens with zero attached hydrogens (tertiary/aromatic N) is 1. The summed E-state index contributed by atoms with van der Waals surface area (Å²) in [5.74, 6) is 0. The van der Waals surface area contributed by atoms with Gasteiger partial charge in [-0.15, -0.1) is 0 Å². The number of hydrogen-bond donors (Lipinski definition) is 1. The minimum Gasteiger partial charge on any atom is -0.353 e. The van der Waals surface area contributed by atoms with Gasteiger partial charge >= 0.3 is 0 Å². The number of allylic oxidation sites excluding steroid dienone is 6. The average Bonchev–Trinajstić information content (AvgIpc) is 2.47. The van der Waals surface area contributed by atoms with E-state index in [0.29, 0.717) is 0 Å². The molecule has 17 heavy (non-hydrogen) atoms. The SMILES string of the molecule is C=CC1=C(C=C)NC(C=C)=C(/C=C\C)C(C)=N1. The molecular formula is C15H18N2. The maximum atomic E-state index is 4.53. The lowest BCUT2D eigenvalue weighted by atomic mass is 10.1. The Labute approximate surface area is 103 Å². The predicted octanol–water partition coefficient (Wildman–Crippen LogP) is 3.65. The molecule has 1 rings (SSSR count). The van der Waals surface area contributed by atoms with Crippen LogP contribution < -0.4 is 5.32 Å². The largest absolute Gasteiger partial charge is 0.353 e. The lowest BCUT2D eigenvalue weighted by molar-refractivity contribution is 1.02. The minimum absolute atomic E-state index is 0.788. The molecule has 2 heteroatoms. The first-order chi connectivity index (χ1) is 8.17. The van der Waals surface area contributed by atoms with E-state index in [9.17, 15) is 0 Å². The van der Waals surface area contributed by atoms with Gasteiger partial charge in [0.1, 0.15) is 0 Å². The molecule has 0 bridgehead atoms. The Morgan fingerprint density at radius 3 is 2.18 bits per heavy atom. The van der Waals surface area contributed by atoms with E-state index < -0.39 is 0 Å². The van der Waals surface area contributed by atoms with E-state index in [0.717, 1.165) is 28.4 Å². The zero-order valence-electron chi connectivity index (χ0n) is 10.5. The van der Waals surface area contributed by atoms with Crippen LogP contribution >= 0.6 is 0 Å². The van der Waals surface area contributed by atoms with Crippen molar-refractivity contribution >= 4 is 5.71 Å². The second-order valence-corrected chi connectivity index (χ2v) is 3.56. The maximum Gasteiger partial charge on any atom is 0.0861 e. The molecular weight excluding hydrogens is 208 g/mol. The van der Waals surface area contributed by atoms with Crippen LogP contribution in [0.4, 0.5) is 0 Å². The van der Waals surface area contributed by atoms with E-state index in [1.54, 1.807) is 18.2 Å². The lowest BCUT2D eigenvalue weighted by Crippen LogP contribution is -2.12. The number of aliphatic imine (C=N–C) groups is 1. The second kappa shape index (κ2) is 5.85. The molecule has 0 aliphatic carbocycles. The molecule has 88 valence electrons. The Bertz CT molecular complexity index is 471. The summed E-state index contributed by atoms with van der Waals surface area (Å²) in [6.07, 6.45) is 9.22. The maximum absolute atomic E-state index is 4.53. The van der Waals surface area contributed by atoms with Crippen LogP contribution in [0, 0.1) is 0 Å². The van der Waals surface area contributed by atoms with Crippen molar-refractivity contribution in [2.45, 2.75) is 13.8 Å². The molecule has 2 nitrogen and oxygen atoms in total. The summed E-state index contributed by atoms with van der Waals surface area (Å²) < 4.78 is 0. The third-order valence-corrected chi connectivity index (χ3v) is 2.45. The predicted molar refractivity (Wildman–Crippen MR) is 75.7 cm³/mol. The number of rotatable bonds is 4. The lowest BCUT2D eigenvalue weighted by Gasteiger charge is -2.09. The summed E-state index contributed by atoms with van der Waals surface area (Å²) in [4.78, 5) is 4.53. The van der Waals surface area contributed by atoms with E-state index >= 15 is 0 Å². The molecule has 0 saturated carbocycles. The van der Waals surface area contributed by atoms with Gasteiger partial charge in [-0.05, 0) is 32.1 Å². The first kappa shape index (κ1) is 13.0. The molecule has 0 fully saturated rings. The van der Waals surface area contributed by atoms with Crippen molar-refractivity contribution in [3.8, 4) is 0 Å². The fraction of sp³-hybridized carbons (Fsp3) is 0.133. The van der Waals surface area contributed by atoms with Crippen molar-refractivity contribution in [1.82, 2.24) is 5.32 Å². The molecule has 0 spiro atoms. The van der Waals surface area contributed by atoms with Crippen LogP contribution in [0.3, 0.4) is 0 Å². The summed E-state index contributed by atoms with van der Waals surface area (Å²) >= 11 is 0. The number of hydrogen-bond acceptors (Lipinski definition) is 2. The van der Waals surface area contributed by atoms with Gasteiger partial charge in [0.25, 0.3) is 0 Å². The van der Waals surface area contributed by atoms with E-state index in [2.05, 4.69) is 30.0 Å². The van der Waals surface area contributed by atoms with Gasteiger partial charge < -0.3 is 5.32 Å². The van der Waals surface area contributed by atoms with Gasteiger partial charge in [-0.25, -0.2) is 0 Å². The Morgan fingerprint density at radius 1 is 1.06 bits per heavy atom. The topological polar surface area (TPSA) is 24.4 Å². The van der Waals surface area contributed by atoms with Gasteiger partial charge in [0.05, 0.1) is 11.4 Å². The highest BCUT2D eigenvalue weighted by Crippen LogP contribution is 2.19. The van der Waals surface area contributed by atoms with Crippen LogP contribution in [0.25, 0.3) is 0 Å². The highest BCUT2D eigenvalue weighted by Gasteiger charge is 2.12. The molecule has 1 heterocycles. The minimum atomic E-state index is 0.788. The Balaban J connectivity index is 3.44. The Morgan fingerprint density at radius 2 is 1.71 bits per heavy atom. The summed E-state index contributed by atoms with van der Waals surface area (Å²) in [5.41, 5.74) is 4.51. The van der Waals surface area contributed by atoms with Crippen LogP contribution in [-0.2, 0) is 0 Å². The standard InChI is InChI=1S/C15H18N2/c1-6-10-12-11(5)16-14(8-3)15(9-4)17-13(12)7-2/h6-10,17H,2-4H2,1,5H3/b10-6-. The molecule has 0 unspecified atom stereocenters. The monoisotopic (exact) mass is 226 g/mol. The molecule has 1 aliphatic rings.